The Balaban J connectivity index is 1.85. The van der Waals surface area contributed by atoms with Gasteiger partial charge in [-0.25, -0.2) is 0 Å². The molecular weight excluding hydrogens is 248 g/mol. The van der Waals surface area contributed by atoms with E-state index >= 15 is 0 Å². The Kier molecular flexibility index (Phi) is 2.59. The molecule has 2 nitrogen and oxygen atoms in total. The quantitative estimate of drug-likeness (QED) is 0.771. The summed E-state index contributed by atoms with van der Waals surface area (Å²) in [6.07, 6.45) is 5.82. The number of methoxy groups -OCH3 is 1. The standard InChI is InChI=1S/C18H18O2/c1-20-12-3-5-13-11(10-12)2-4-15-14(13)6-7-17-16(15)8-9-18(17)19/h3,5,10H,2,4,6-9H2,1H3. The number of hydrogen-bond acceptors (Lipinski definition) is 2. The van der Waals surface area contributed by atoms with Crippen LogP contribution < -0.4 is 4.74 Å². The second kappa shape index (κ2) is 4.34. The smallest absolute Gasteiger partial charge is 0.159 e. The van der Waals surface area contributed by atoms with Crippen molar-refractivity contribution in [2.24, 2.45) is 0 Å². The minimum Gasteiger partial charge on any atom is -0.497 e. The molecule has 0 saturated heterocycles. The molecule has 1 aromatic carbocycles. The van der Waals surface area contributed by atoms with E-state index in [0.717, 1.165) is 49.8 Å². The maximum Gasteiger partial charge on any atom is 0.159 e. The largest absolute Gasteiger partial charge is 0.497 e. The number of carbonyl (C=O) groups excluding carboxylic acids is 1. The van der Waals surface area contributed by atoms with Crippen molar-refractivity contribution in [1.29, 1.82) is 0 Å². The van der Waals surface area contributed by atoms with Gasteiger partial charge in [0.2, 0.25) is 0 Å². The Morgan fingerprint density at radius 3 is 2.40 bits per heavy atom. The number of hydrogen-bond donors (Lipinski definition) is 0. The number of carbonyl (C=O) groups is 1. The Bertz CT molecular complexity index is 677. The van der Waals surface area contributed by atoms with Gasteiger partial charge in [0.1, 0.15) is 5.75 Å². The molecular formula is C18H18O2. The summed E-state index contributed by atoms with van der Waals surface area (Å²) in [5.74, 6) is 1.34. The van der Waals surface area contributed by atoms with Crippen molar-refractivity contribution in [1.82, 2.24) is 0 Å². The summed E-state index contributed by atoms with van der Waals surface area (Å²) < 4.78 is 5.33. The van der Waals surface area contributed by atoms with Gasteiger partial charge in [-0.05, 0) is 77.7 Å². The number of aryl methyl sites for hydroxylation is 1. The van der Waals surface area contributed by atoms with Gasteiger partial charge in [0.05, 0.1) is 7.11 Å². The fourth-order valence-electron chi connectivity index (χ4n) is 3.97. The highest BCUT2D eigenvalue weighted by atomic mass is 16.5. The van der Waals surface area contributed by atoms with E-state index in [1.54, 1.807) is 7.11 Å². The van der Waals surface area contributed by atoms with Crippen molar-refractivity contribution >= 4 is 11.4 Å². The number of benzene rings is 1. The highest BCUT2D eigenvalue weighted by Crippen LogP contribution is 2.47. The van der Waals surface area contributed by atoms with E-state index in [-0.39, 0.29) is 0 Å². The number of rotatable bonds is 1. The average molecular weight is 266 g/mol. The van der Waals surface area contributed by atoms with Crippen molar-refractivity contribution in [3.8, 4) is 5.75 Å². The van der Waals surface area contributed by atoms with Crippen LogP contribution in [-0.2, 0) is 11.2 Å². The van der Waals surface area contributed by atoms with E-state index in [4.69, 9.17) is 4.74 Å². The van der Waals surface area contributed by atoms with E-state index < -0.39 is 0 Å². The number of Topliss-reactive ketones (excluding diaryl/α,β-unsaturated/α-hetero) is 1. The fraction of sp³-hybridized carbons (Fsp3) is 0.389. The SMILES string of the molecule is COc1ccc2c(c1)CCC1=C2CCC2=C1CCC2=O. The molecule has 3 aliphatic rings. The monoisotopic (exact) mass is 266 g/mol. The number of fused-ring (bicyclic) bond motifs is 3. The summed E-state index contributed by atoms with van der Waals surface area (Å²) in [6.45, 7) is 0. The third kappa shape index (κ3) is 1.60. The molecule has 0 saturated carbocycles. The zero-order valence-electron chi connectivity index (χ0n) is 11.8. The number of allylic oxidation sites excluding steroid dienone is 4. The molecule has 0 amide bonds. The van der Waals surface area contributed by atoms with Gasteiger partial charge in [-0.15, -0.1) is 0 Å². The molecule has 0 unspecified atom stereocenters. The van der Waals surface area contributed by atoms with E-state index in [1.807, 2.05) is 0 Å². The summed E-state index contributed by atoms with van der Waals surface area (Å²) >= 11 is 0. The van der Waals surface area contributed by atoms with Crippen LogP contribution >= 0.6 is 0 Å². The molecule has 0 atom stereocenters. The first kappa shape index (κ1) is 12.0. The maximum absolute atomic E-state index is 11.9. The molecule has 3 aliphatic carbocycles. The molecule has 0 radical (unpaired) electrons. The zero-order chi connectivity index (χ0) is 13.7. The predicted octanol–water partition coefficient (Wildman–Crippen LogP) is 3.85. The molecule has 0 N–H and O–H groups in total. The Hall–Kier alpha value is -1.83. The molecule has 2 heteroatoms. The lowest BCUT2D eigenvalue weighted by atomic mass is 9.76. The molecule has 0 bridgehead atoms. The lowest BCUT2D eigenvalue weighted by molar-refractivity contribution is -0.115. The molecule has 0 heterocycles. The van der Waals surface area contributed by atoms with Gasteiger partial charge in [-0.1, -0.05) is 6.07 Å². The number of ether oxygens (including phenoxy) is 1. The van der Waals surface area contributed by atoms with Crippen LogP contribution in [0.4, 0.5) is 0 Å². The van der Waals surface area contributed by atoms with Crippen LogP contribution in [0, 0.1) is 0 Å². The van der Waals surface area contributed by atoms with Gasteiger partial charge in [-0.3, -0.25) is 4.79 Å². The van der Waals surface area contributed by atoms with Crippen LogP contribution in [0.15, 0.2) is 34.9 Å². The van der Waals surface area contributed by atoms with E-state index in [1.165, 1.54) is 27.8 Å². The second-order valence-corrected chi connectivity index (χ2v) is 5.86. The second-order valence-electron chi connectivity index (χ2n) is 5.86. The lowest BCUT2D eigenvalue weighted by Gasteiger charge is -2.28. The summed E-state index contributed by atoms with van der Waals surface area (Å²) in [5.41, 5.74) is 8.28. The zero-order valence-corrected chi connectivity index (χ0v) is 11.8. The molecule has 0 aliphatic heterocycles. The van der Waals surface area contributed by atoms with Crippen LogP contribution in [0.1, 0.15) is 43.2 Å². The van der Waals surface area contributed by atoms with Crippen molar-refractivity contribution < 1.29 is 9.53 Å². The van der Waals surface area contributed by atoms with Gasteiger partial charge in [0, 0.05) is 6.42 Å². The van der Waals surface area contributed by atoms with Gasteiger partial charge < -0.3 is 4.74 Å². The summed E-state index contributed by atoms with van der Waals surface area (Å²) in [7, 11) is 1.72. The predicted molar refractivity (Wildman–Crippen MR) is 78.7 cm³/mol. The average Bonchev–Trinajstić information content (AvgIpc) is 2.88. The molecule has 0 fully saturated rings. The highest BCUT2D eigenvalue weighted by Gasteiger charge is 2.32. The lowest BCUT2D eigenvalue weighted by Crippen LogP contribution is -2.12. The van der Waals surface area contributed by atoms with Crippen molar-refractivity contribution in [2.45, 2.75) is 38.5 Å². The Labute approximate surface area is 119 Å². The van der Waals surface area contributed by atoms with Crippen LogP contribution in [-0.4, -0.2) is 12.9 Å². The van der Waals surface area contributed by atoms with E-state index in [0.29, 0.717) is 5.78 Å². The molecule has 102 valence electrons. The summed E-state index contributed by atoms with van der Waals surface area (Å²) in [5, 5.41) is 0. The highest BCUT2D eigenvalue weighted by molar-refractivity contribution is 6.01. The molecule has 4 rings (SSSR count). The van der Waals surface area contributed by atoms with Crippen LogP contribution in [0.25, 0.3) is 5.57 Å². The fourth-order valence-corrected chi connectivity index (χ4v) is 3.97. The minimum atomic E-state index is 0.395. The maximum atomic E-state index is 11.9. The van der Waals surface area contributed by atoms with Gasteiger partial charge in [0.15, 0.2) is 5.78 Å². The first-order chi connectivity index (χ1) is 9.78. The first-order valence-corrected chi connectivity index (χ1v) is 7.43. The number of ketones is 1. The molecule has 0 spiro atoms. The van der Waals surface area contributed by atoms with Gasteiger partial charge >= 0.3 is 0 Å². The molecule has 0 aromatic heterocycles. The molecule has 1 aromatic rings. The van der Waals surface area contributed by atoms with Crippen molar-refractivity contribution in [3.05, 3.63) is 46.0 Å². The molecule has 20 heavy (non-hydrogen) atoms. The Morgan fingerprint density at radius 2 is 1.55 bits per heavy atom. The van der Waals surface area contributed by atoms with Gasteiger partial charge in [0.25, 0.3) is 0 Å². The Morgan fingerprint density at radius 1 is 0.850 bits per heavy atom. The van der Waals surface area contributed by atoms with Crippen molar-refractivity contribution in [3.63, 3.8) is 0 Å². The third-order valence-corrected chi connectivity index (χ3v) is 4.94. The third-order valence-electron chi connectivity index (χ3n) is 4.94. The topological polar surface area (TPSA) is 26.3 Å². The minimum absolute atomic E-state index is 0.395. The van der Waals surface area contributed by atoms with E-state index in [9.17, 15) is 4.79 Å². The van der Waals surface area contributed by atoms with Gasteiger partial charge in [-0.2, -0.15) is 0 Å². The van der Waals surface area contributed by atoms with Crippen LogP contribution in [0.2, 0.25) is 0 Å². The summed E-state index contributed by atoms with van der Waals surface area (Å²) in [6, 6.07) is 6.42. The first-order valence-electron chi connectivity index (χ1n) is 7.43. The normalized spacial score (nSPS) is 20.8. The van der Waals surface area contributed by atoms with Crippen LogP contribution in [0.5, 0.6) is 5.75 Å². The summed E-state index contributed by atoms with van der Waals surface area (Å²) in [4.78, 5) is 11.9. The van der Waals surface area contributed by atoms with E-state index in [2.05, 4.69) is 18.2 Å². The van der Waals surface area contributed by atoms with Crippen molar-refractivity contribution in [2.75, 3.05) is 7.11 Å². The van der Waals surface area contributed by atoms with Crippen LogP contribution in [0.3, 0.4) is 0 Å².